The van der Waals surface area contributed by atoms with Crippen molar-refractivity contribution in [1.82, 2.24) is 16.1 Å². The van der Waals surface area contributed by atoms with Gasteiger partial charge in [-0.2, -0.15) is 0 Å². The Morgan fingerprint density at radius 2 is 1.43 bits per heavy atom. The Morgan fingerprint density at radius 3 is 1.82 bits per heavy atom. The predicted octanol–water partition coefficient (Wildman–Crippen LogP) is -0.289. The maximum atomic E-state index is 13.0. The van der Waals surface area contributed by atoms with E-state index >= 15 is 0 Å². The van der Waals surface area contributed by atoms with Gasteiger partial charge in [0.2, 0.25) is 17.7 Å². The summed E-state index contributed by atoms with van der Waals surface area (Å²) in [6, 6.07) is -0.841. The number of nitrogens with two attached hydrogens (primary N) is 2. The lowest BCUT2D eigenvalue weighted by atomic mass is 9.79. The number of carbonyl (C=O) groups excluding carboxylic acids is 3. The molecule has 0 bridgehead atoms. The standard InChI is InChI=1S/C18H36N6O4/c1-10(2)8-12(13(9-11(3)4)16(26)24-28)15(25)23-14(17(27)21-5)6-7-22-18(19)20/h10-14,28H,6-9H2,1-5H3,(H,21,27)(H,23,25)(H,24,26)(H4,19,20,22)/t12-,13?,14+/m1/s1. The van der Waals surface area contributed by atoms with Gasteiger partial charge in [-0.3, -0.25) is 24.6 Å². The zero-order valence-electron chi connectivity index (χ0n) is 17.5. The van der Waals surface area contributed by atoms with E-state index in [0.717, 1.165) is 0 Å². The second kappa shape index (κ2) is 12.9. The zero-order valence-corrected chi connectivity index (χ0v) is 17.5. The average Bonchev–Trinajstić information content (AvgIpc) is 2.61. The van der Waals surface area contributed by atoms with Gasteiger partial charge in [-0.1, -0.05) is 27.7 Å². The number of likely N-dealkylation sites (N-methyl/N-ethyl adjacent to an activating group) is 1. The van der Waals surface area contributed by atoms with Gasteiger partial charge in [-0.05, 0) is 31.1 Å². The molecule has 10 nitrogen and oxygen atoms in total. The summed E-state index contributed by atoms with van der Waals surface area (Å²) in [5.41, 5.74) is 12.3. The molecule has 28 heavy (non-hydrogen) atoms. The van der Waals surface area contributed by atoms with Crippen LogP contribution in [0.5, 0.6) is 0 Å². The molecular weight excluding hydrogens is 364 g/mol. The van der Waals surface area contributed by atoms with Crippen LogP contribution in [0.4, 0.5) is 0 Å². The minimum atomic E-state index is -0.841. The first-order chi connectivity index (χ1) is 13.0. The van der Waals surface area contributed by atoms with Crippen molar-refractivity contribution in [2.24, 2.45) is 40.1 Å². The third kappa shape index (κ3) is 9.54. The number of amides is 3. The summed E-state index contributed by atoms with van der Waals surface area (Å²) < 4.78 is 0. The van der Waals surface area contributed by atoms with E-state index in [9.17, 15) is 14.4 Å². The van der Waals surface area contributed by atoms with E-state index in [2.05, 4.69) is 15.6 Å². The highest BCUT2D eigenvalue weighted by Gasteiger charge is 2.36. The van der Waals surface area contributed by atoms with E-state index < -0.39 is 29.7 Å². The summed E-state index contributed by atoms with van der Waals surface area (Å²) in [5, 5.41) is 14.3. The van der Waals surface area contributed by atoms with Crippen LogP contribution in [-0.4, -0.2) is 48.5 Å². The third-order valence-corrected chi connectivity index (χ3v) is 4.31. The molecule has 0 aromatic rings. The first-order valence-electron chi connectivity index (χ1n) is 9.54. The Bertz CT molecular complexity index is 546. The monoisotopic (exact) mass is 400 g/mol. The molecule has 0 heterocycles. The number of hydrogen-bond donors (Lipinski definition) is 6. The van der Waals surface area contributed by atoms with E-state index in [4.69, 9.17) is 16.7 Å². The van der Waals surface area contributed by atoms with Gasteiger partial charge in [0, 0.05) is 19.5 Å². The van der Waals surface area contributed by atoms with Gasteiger partial charge >= 0.3 is 0 Å². The number of hydroxylamine groups is 1. The Kier molecular flexibility index (Phi) is 11.8. The molecule has 0 spiro atoms. The first-order valence-corrected chi connectivity index (χ1v) is 9.54. The lowest BCUT2D eigenvalue weighted by molar-refractivity contribution is -0.142. The quantitative estimate of drug-likeness (QED) is 0.114. The minimum Gasteiger partial charge on any atom is -0.370 e. The van der Waals surface area contributed by atoms with Crippen LogP contribution in [0.1, 0.15) is 47.0 Å². The van der Waals surface area contributed by atoms with E-state index in [-0.39, 0.29) is 36.7 Å². The van der Waals surface area contributed by atoms with Gasteiger partial charge in [0.05, 0.1) is 5.92 Å². The fraction of sp³-hybridized carbons (Fsp3) is 0.778. The summed E-state index contributed by atoms with van der Waals surface area (Å²) in [7, 11) is 1.47. The second-order valence-electron chi connectivity index (χ2n) is 7.72. The van der Waals surface area contributed by atoms with E-state index in [1.807, 2.05) is 27.7 Å². The Labute approximate surface area is 166 Å². The number of rotatable bonds is 12. The van der Waals surface area contributed by atoms with Crippen LogP contribution in [-0.2, 0) is 14.4 Å². The van der Waals surface area contributed by atoms with Gasteiger partial charge in [-0.15, -0.1) is 0 Å². The summed E-state index contributed by atoms with van der Waals surface area (Å²) >= 11 is 0. The van der Waals surface area contributed by atoms with Gasteiger partial charge in [-0.25, -0.2) is 5.48 Å². The Morgan fingerprint density at radius 1 is 0.929 bits per heavy atom. The molecule has 0 fully saturated rings. The van der Waals surface area contributed by atoms with Gasteiger partial charge in [0.15, 0.2) is 5.96 Å². The molecule has 0 aliphatic heterocycles. The second-order valence-corrected chi connectivity index (χ2v) is 7.72. The molecule has 0 aromatic heterocycles. The van der Waals surface area contributed by atoms with Crippen molar-refractivity contribution in [2.75, 3.05) is 13.6 Å². The minimum absolute atomic E-state index is 0.101. The van der Waals surface area contributed by atoms with Crippen molar-refractivity contribution in [2.45, 2.75) is 53.0 Å². The molecule has 162 valence electrons. The molecule has 3 amide bonds. The molecule has 8 N–H and O–H groups in total. The maximum Gasteiger partial charge on any atom is 0.247 e. The van der Waals surface area contributed by atoms with Crippen LogP contribution in [0.3, 0.4) is 0 Å². The molecule has 0 aliphatic carbocycles. The smallest absolute Gasteiger partial charge is 0.247 e. The van der Waals surface area contributed by atoms with Crippen molar-refractivity contribution >= 4 is 23.7 Å². The van der Waals surface area contributed by atoms with Crippen molar-refractivity contribution < 1.29 is 19.6 Å². The summed E-state index contributed by atoms with van der Waals surface area (Å²) in [4.78, 5) is 41.2. The van der Waals surface area contributed by atoms with Gasteiger partial charge in [0.1, 0.15) is 6.04 Å². The molecule has 0 aromatic carbocycles. The van der Waals surface area contributed by atoms with E-state index in [0.29, 0.717) is 12.8 Å². The number of aliphatic imine (C=N–C) groups is 1. The molecule has 0 rings (SSSR count). The van der Waals surface area contributed by atoms with Gasteiger partial charge in [0.25, 0.3) is 0 Å². The Balaban J connectivity index is 5.54. The summed E-state index contributed by atoms with van der Waals surface area (Å²) in [6.45, 7) is 7.92. The van der Waals surface area contributed by atoms with E-state index in [1.165, 1.54) is 7.05 Å². The van der Waals surface area contributed by atoms with Crippen molar-refractivity contribution in [3.63, 3.8) is 0 Å². The highest BCUT2D eigenvalue weighted by molar-refractivity contribution is 5.91. The average molecular weight is 401 g/mol. The molecule has 0 saturated heterocycles. The van der Waals surface area contributed by atoms with Crippen LogP contribution < -0.4 is 27.6 Å². The lowest BCUT2D eigenvalue weighted by Crippen LogP contribution is -2.50. The molecule has 0 aliphatic rings. The van der Waals surface area contributed by atoms with Crippen molar-refractivity contribution in [3.05, 3.63) is 0 Å². The highest BCUT2D eigenvalue weighted by Crippen LogP contribution is 2.27. The first kappa shape index (κ1) is 25.6. The topological polar surface area (TPSA) is 172 Å². The lowest BCUT2D eigenvalue weighted by Gasteiger charge is -2.29. The van der Waals surface area contributed by atoms with Crippen LogP contribution in [0.15, 0.2) is 4.99 Å². The number of nitrogens with one attached hydrogen (secondary N) is 3. The molecule has 0 saturated carbocycles. The number of hydrogen-bond acceptors (Lipinski definition) is 5. The SMILES string of the molecule is CNC(=O)[C@H](CCN=C(N)N)NC(=O)[C@H](CC(C)C)C(CC(C)C)C(=O)NO. The van der Waals surface area contributed by atoms with Gasteiger partial charge < -0.3 is 22.1 Å². The van der Waals surface area contributed by atoms with Crippen molar-refractivity contribution in [3.8, 4) is 0 Å². The van der Waals surface area contributed by atoms with Crippen molar-refractivity contribution in [1.29, 1.82) is 0 Å². The van der Waals surface area contributed by atoms with E-state index in [1.54, 1.807) is 5.48 Å². The number of carbonyl (C=O) groups is 3. The molecule has 1 unspecified atom stereocenters. The highest BCUT2D eigenvalue weighted by atomic mass is 16.5. The normalized spacial score (nSPS) is 14.1. The van der Waals surface area contributed by atoms with Crippen LogP contribution in [0.2, 0.25) is 0 Å². The summed E-state index contributed by atoms with van der Waals surface area (Å²) in [5.74, 6) is -2.63. The maximum absolute atomic E-state index is 13.0. The summed E-state index contributed by atoms with van der Waals surface area (Å²) in [6.07, 6.45) is 1.07. The Hall–Kier alpha value is -2.36. The fourth-order valence-corrected chi connectivity index (χ4v) is 3.05. The van der Waals surface area contributed by atoms with Crippen LogP contribution in [0, 0.1) is 23.7 Å². The largest absolute Gasteiger partial charge is 0.370 e. The third-order valence-electron chi connectivity index (χ3n) is 4.31. The molecule has 0 radical (unpaired) electrons. The zero-order chi connectivity index (χ0) is 21.9. The molecule has 3 atom stereocenters. The molecule has 10 heteroatoms. The predicted molar refractivity (Wildman–Crippen MR) is 107 cm³/mol. The molecular formula is C18H36N6O4. The fourth-order valence-electron chi connectivity index (χ4n) is 3.05. The number of guanidine groups is 1. The number of nitrogens with zero attached hydrogens (tertiary/aromatic N) is 1. The van der Waals surface area contributed by atoms with Crippen LogP contribution in [0.25, 0.3) is 0 Å². The van der Waals surface area contributed by atoms with Crippen LogP contribution >= 0.6 is 0 Å².